The third kappa shape index (κ3) is 3.68. The molecule has 1 amide bonds. The highest BCUT2D eigenvalue weighted by molar-refractivity contribution is 6.05. The van der Waals surface area contributed by atoms with Crippen LogP contribution < -0.4 is 0 Å². The molecule has 1 N–H and O–H groups in total. The average molecular weight is 313 g/mol. The Hall–Kier alpha value is -1.98. The minimum absolute atomic E-state index is 0.0391. The number of nitrogens with zero attached hydrogens (tertiary/aromatic N) is 3. The predicted octanol–water partition coefficient (Wildman–Crippen LogP) is 1.76. The SMILES string of the molecule is CC(C)(O)CN1CCN(C(=O)c2cccc3cccnc23)CC1. The molecule has 1 aromatic carbocycles. The molecule has 1 fully saturated rings. The van der Waals surface area contributed by atoms with E-state index in [2.05, 4.69) is 9.88 Å². The third-order valence-corrected chi connectivity index (χ3v) is 4.13. The van der Waals surface area contributed by atoms with Gasteiger partial charge in [-0.05, 0) is 26.0 Å². The number of piperazine rings is 1. The van der Waals surface area contributed by atoms with E-state index in [1.165, 1.54) is 0 Å². The van der Waals surface area contributed by atoms with Gasteiger partial charge < -0.3 is 10.0 Å². The van der Waals surface area contributed by atoms with E-state index in [0.717, 1.165) is 24.0 Å². The zero-order valence-electron chi connectivity index (χ0n) is 13.7. The number of benzene rings is 1. The van der Waals surface area contributed by atoms with Crippen LogP contribution in [-0.2, 0) is 0 Å². The number of fused-ring (bicyclic) bond motifs is 1. The molecule has 5 nitrogen and oxygen atoms in total. The topological polar surface area (TPSA) is 56.7 Å². The smallest absolute Gasteiger partial charge is 0.256 e. The van der Waals surface area contributed by atoms with Gasteiger partial charge in [-0.25, -0.2) is 0 Å². The molecule has 1 aliphatic rings. The van der Waals surface area contributed by atoms with Gasteiger partial charge in [-0.1, -0.05) is 18.2 Å². The largest absolute Gasteiger partial charge is 0.389 e. The van der Waals surface area contributed by atoms with Crippen LogP contribution in [0.3, 0.4) is 0 Å². The highest BCUT2D eigenvalue weighted by atomic mass is 16.3. The average Bonchev–Trinajstić information content (AvgIpc) is 2.53. The Morgan fingerprint density at radius 3 is 2.57 bits per heavy atom. The Bertz CT molecular complexity index is 695. The van der Waals surface area contributed by atoms with Crippen molar-refractivity contribution in [2.24, 2.45) is 0 Å². The van der Waals surface area contributed by atoms with Gasteiger partial charge in [0, 0.05) is 44.3 Å². The lowest BCUT2D eigenvalue weighted by atomic mass is 10.1. The molecule has 1 aromatic heterocycles. The van der Waals surface area contributed by atoms with Crippen LogP contribution in [0.4, 0.5) is 0 Å². The van der Waals surface area contributed by atoms with Crippen LogP contribution in [0.2, 0.25) is 0 Å². The molecule has 1 saturated heterocycles. The minimum Gasteiger partial charge on any atom is -0.389 e. The fourth-order valence-corrected chi connectivity index (χ4v) is 3.10. The molecule has 0 atom stereocenters. The van der Waals surface area contributed by atoms with E-state index < -0.39 is 5.60 Å². The van der Waals surface area contributed by atoms with E-state index in [-0.39, 0.29) is 5.91 Å². The summed E-state index contributed by atoms with van der Waals surface area (Å²) in [4.78, 5) is 21.3. The van der Waals surface area contributed by atoms with Crippen molar-refractivity contribution in [2.45, 2.75) is 19.4 Å². The summed E-state index contributed by atoms with van der Waals surface area (Å²) in [6.07, 6.45) is 1.72. The maximum atomic E-state index is 12.8. The first-order valence-electron chi connectivity index (χ1n) is 8.02. The highest BCUT2D eigenvalue weighted by Crippen LogP contribution is 2.19. The first-order chi connectivity index (χ1) is 10.9. The summed E-state index contributed by atoms with van der Waals surface area (Å²) < 4.78 is 0. The Morgan fingerprint density at radius 1 is 1.17 bits per heavy atom. The summed E-state index contributed by atoms with van der Waals surface area (Å²) in [5.74, 6) is 0.0391. The lowest BCUT2D eigenvalue weighted by Crippen LogP contribution is -2.52. The van der Waals surface area contributed by atoms with Crippen molar-refractivity contribution >= 4 is 16.8 Å². The molecule has 0 unspecified atom stereocenters. The molecule has 0 spiro atoms. The summed E-state index contributed by atoms with van der Waals surface area (Å²) in [6, 6.07) is 9.58. The molecule has 1 aliphatic heterocycles. The fourth-order valence-electron chi connectivity index (χ4n) is 3.10. The molecule has 2 aromatic rings. The summed E-state index contributed by atoms with van der Waals surface area (Å²) in [5, 5.41) is 10.9. The van der Waals surface area contributed by atoms with Gasteiger partial charge in [0.25, 0.3) is 5.91 Å². The van der Waals surface area contributed by atoms with E-state index in [0.29, 0.717) is 25.2 Å². The molecule has 5 heteroatoms. The van der Waals surface area contributed by atoms with Crippen LogP contribution in [0, 0.1) is 0 Å². The molecular formula is C18H23N3O2. The number of carbonyl (C=O) groups excluding carboxylic acids is 1. The van der Waals surface area contributed by atoms with Crippen molar-refractivity contribution in [3.63, 3.8) is 0 Å². The number of para-hydroxylation sites is 1. The number of rotatable bonds is 3. The summed E-state index contributed by atoms with van der Waals surface area (Å²) in [6.45, 7) is 7.18. The maximum absolute atomic E-state index is 12.8. The summed E-state index contributed by atoms with van der Waals surface area (Å²) >= 11 is 0. The second-order valence-corrected chi connectivity index (χ2v) is 6.76. The maximum Gasteiger partial charge on any atom is 0.256 e. The number of amides is 1. The zero-order chi connectivity index (χ0) is 16.4. The Labute approximate surface area is 136 Å². The lowest BCUT2D eigenvalue weighted by Gasteiger charge is -2.37. The molecule has 23 heavy (non-hydrogen) atoms. The summed E-state index contributed by atoms with van der Waals surface area (Å²) in [7, 11) is 0. The Kier molecular flexibility index (Phi) is 4.33. The molecule has 3 rings (SSSR count). The van der Waals surface area contributed by atoms with E-state index >= 15 is 0 Å². The molecule has 122 valence electrons. The van der Waals surface area contributed by atoms with E-state index in [1.54, 1.807) is 6.20 Å². The van der Waals surface area contributed by atoms with Gasteiger partial charge in [-0.3, -0.25) is 14.7 Å². The second kappa shape index (κ2) is 6.26. The van der Waals surface area contributed by atoms with Gasteiger partial charge >= 0.3 is 0 Å². The minimum atomic E-state index is -0.703. The number of hydrogen-bond acceptors (Lipinski definition) is 4. The highest BCUT2D eigenvalue weighted by Gasteiger charge is 2.26. The van der Waals surface area contributed by atoms with Crippen molar-refractivity contribution in [3.05, 3.63) is 42.1 Å². The van der Waals surface area contributed by atoms with Crippen molar-refractivity contribution in [1.82, 2.24) is 14.8 Å². The van der Waals surface area contributed by atoms with Gasteiger partial charge in [-0.15, -0.1) is 0 Å². The van der Waals surface area contributed by atoms with Crippen molar-refractivity contribution in [1.29, 1.82) is 0 Å². The van der Waals surface area contributed by atoms with Crippen LogP contribution in [0.15, 0.2) is 36.5 Å². The van der Waals surface area contributed by atoms with Crippen LogP contribution in [0.5, 0.6) is 0 Å². The van der Waals surface area contributed by atoms with Gasteiger partial charge in [0.05, 0.1) is 16.7 Å². The lowest BCUT2D eigenvalue weighted by molar-refractivity contribution is 0.0179. The van der Waals surface area contributed by atoms with Crippen LogP contribution in [0.25, 0.3) is 10.9 Å². The fraction of sp³-hybridized carbons (Fsp3) is 0.444. The third-order valence-electron chi connectivity index (χ3n) is 4.13. The Morgan fingerprint density at radius 2 is 1.87 bits per heavy atom. The standard InChI is InChI=1S/C18H23N3O2/c1-18(2,23)13-20-9-11-21(12-10-20)17(22)15-7-3-5-14-6-4-8-19-16(14)15/h3-8,23H,9-13H2,1-2H3. The number of aromatic nitrogens is 1. The van der Waals surface area contributed by atoms with E-state index in [9.17, 15) is 9.90 Å². The molecule has 0 radical (unpaired) electrons. The van der Waals surface area contributed by atoms with E-state index in [1.807, 2.05) is 49.1 Å². The molecular weight excluding hydrogens is 290 g/mol. The normalized spacial score (nSPS) is 16.7. The zero-order valence-corrected chi connectivity index (χ0v) is 13.7. The van der Waals surface area contributed by atoms with Crippen LogP contribution >= 0.6 is 0 Å². The monoisotopic (exact) mass is 313 g/mol. The van der Waals surface area contributed by atoms with E-state index in [4.69, 9.17) is 0 Å². The van der Waals surface area contributed by atoms with Crippen LogP contribution in [0.1, 0.15) is 24.2 Å². The van der Waals surface area contributed by atoms with Crippen molar-refractivity contribution < 1.29 is 9.90 Å². The number of carbonyl (C=O) groups is 1. The molecule has 0 bridgehead atoms. The number of hydrogen-bond donors (Lipinski definition) is 1. The molecule has 0 aliphatic carbocycles. The Balaban J connectivity index is 1.72. The first kappa shape index (κ1) is 15.9. The van der Waals surface area contributed by atoms with Crippen LogP contribution in [-0.4, -0.2) is 64.1 Å². The van der Waals surface area contributed by atoms with Crippen molar-refractivity contribution in [3.8, 4) is 0 Å². The second-order valence-electron chi connectivity index (χ2n) is 6.76. The summed E-state index contributed by atoms with van der Waals surface area (Å²) in [5.41, 5.74) is 0.726. The number of pyridine rings is 1. The van der Waals surface area contributed by atoms with Crippen molar-refractivity contribution in [2.75, 3.05) is 32.7 Å². The van der Waals surface area contributed by atoms with Gasteiger partial charge in [0.2, 0.25) is 0 Å². The molecule has 2 heterocycles. The molecule has 0 saturated carbocycles. The predicted molar refractivity (Wildman–Crippen MR) is 90.4 cm³/mol. The van der Waals surface area contributed by atoms with Gasteiger partial charge in [0.15, 0.2) is 0 Å². The number of aliphatic hydroxyl groups is 1. The first-order valence-corrected chi connectivity index (χ1v) is 8.02. The quantitative estimate of drug-likeness (QED) is 0.938. The van der Waals surface area contributed by atoms with Gasteiger partial charge in [-0.2, -0.15) is 0 Å². The number of β-amino-alcohol motifs (C(OH)–C–C–N with tert-alkyl or cyclic N) is 1. The van der Waals surface area contributed by atoms with Gasteiger partial charge in [0.1, 0.15) is 0 Å².